The topological polar surface area (TPSA) is 120 Å². The second-order valence-electron chi connectivity index (χ2n) is 6.92. The molecule has 0 atom stereocenters. The number of allylic oxidation sites excluding steroid dienone is 1. The molecule has 0 saturated carbocycles. The molecule has 0 unspecified atom stereocenters. The molecule has 1 aromatic carbocycles. The molecule has 1 fully saturated rings. The number of carbonyl (C=O) groups excluding carboxylic acids is 2. The first-order valence-corrected chi connectivity index (χ1v) is 10.1. The van der Waals surface area contributed by atoms with Gasteiger partial charge in [-0.05, 0) is 25.0 Å². The lowest BCUT2D eigenvalue weighted by molar-refractivity contribution is -0.137. The van der Waals surface area contributed by atoms with E-state index in [9.17, 15) is 18.4 Å². The molecule has 1 heterocycles. The van der Waals surface area contributed by atoms with Crippen LogP contribution in [0.5, 0.6) is 0 Å². The zero-order chi connectivity index (χ0) is 22.8. The van der Waals surface area contributed by atoms with E-state index in [1.165, 1.54) is 0 Å². The van der Waals surface area contributed by atoms with Crippen molar-refractivity contribution in [1.82, 2.24) is 4.90 Å². The van der Waals surface area contributed by atoms with Crippen molar-refractivity contribution in [3.63, 3.8) is 0 Å². The molecule has 0 amide bonds. The summed E-state index contributed by atoms with van der Waals surface area (Å²) in [6.45, 7) is 5.16. The Labute approximate surface area is 179 Å². The summed E-state index contributed by atoms with van der Waals surface area (Å²) >= 11 is 0. The molecule has 4 N–H and O–H groups in total. The number of amidine groups is 1. The van der Waals surface area contributed by atoms with Crippen molar-refractivity contribution < 1.29 is 27.8 Å². The first-order valence-electron chi connectivity index (χ1n) is 10.1. The number of nitrogens with zero attached hydrogens (tertiary/aromatic N) is 2. The molecule has 10 heteroatoms. The van der Waals surface area contributed by atoms with E-state index in [4.69, 9.17) is 20.9 Å². The number of benzene rings is 1. The number of hydrogen-bond acceptors (Lipinski definition) is 7. The van der Waals surface area contributed by atoms with Crippen molar-refractivity contribution in [2.45, 2.75) is 19.8 Å². The molecule has 1 aliphatic heterocycles. The molecular formula is C21H28F2N4O4. The molecule has 170 valence electrons. The van der Waals surface area contributed by atoms with Gasteiger partial charge in [-0.25, -0.2) is 13.6 Å². The Bertz CT molecular complexity index is 832. The Morgan fingerprint density at radius 3 is 2.45 bits per heavy atom. The molecule has 1 aliphatic rings. The standard InChI is InChI=1S/C21H28F2N4O4/c1-2-16(24)19(20(25)26-7-4-8-27-9-11-30-12-10-27)21(29)31-13-17(28)18-14(22)5-3-6-15(18)23/h3,5-6H,2,4,7-13,24H2,1H3,(H2,25,26). The highest BCUT2D eigenvalue weighted by Gasteiger charge is 2.23. The number of nitrogens with two attached hydrogens (primary N) is 2. The minimum absolute atomic E-state index is 0.101. The summed E-state index contributed by atoms with van der Waals surface area (Å²) in [7, 11) is 0. The summed E-state index contributed by atoms with van der Waals surface area (Å²) < 4.78 is 37.7. The van der Waals surface area contributed by atoms with Crippen molar-refractivity contribution >= 4 is 17.6 Å². The van der Waals surface area contributed by atoms with Crippen molar-refractivity contribution in [2.75, 3.05) is 46.0 Å². The Hall–Kier alpha value is -2.85. The predicted octanol–water partition coefficient (Wildman–Crippen LogP) is 1.39. The Morgan fingerprint density at radius 2 is 1.84 bits per heavy atom. The summed E-state index contributed by atoms with van der Waals surface area (Å²) in [5.74, 6) is -4.16. The molecule has 8 nitrogen and oxygen atoms in total. The minimum Gasteiger partial charge on any atom is -0.454 e. The maximum atomic E-state index is 13.7. The average Bonchev–Trinajstić information content (AvgIpc) is 2.76. The second-order valence-corrected chi connectivity index (χ2v) is 6.92. The van der Waals surface area contributed by atoms with Crippen molar-refractivity contribution in [3.05, 3.63) is 46.7 Å². The molecular weight excluding hydrogens is 410 g/mol. The number of ketones is 1. The number of esters is 1. The van der Waals surface area contributed by atoms with E-state index >= 15 is 0 Å². The Balaban J connectivity index is 1.97. The van der Waals surface area contributed by atoms with Gasteiger partial charge in [-0.1, -0.05) is 13.0 Å². The fraction of sp³-hybridized carbons (Fsp3) is 0.476. The SMILES string of the molecule is CCC(N)=C(C(=O)OCC(=O)c1c(F)cccc1F)C(N)=NCCCN1CCOCC1. The van der Waals surface area contributed by atoms with Gasteiger partial charge in [-0.15, -0.1) is 0 Å². The number of aliphatic imine (C=N–C) groups is 1. The first kappa shape index (κ1) is 24.4. The molecule has 0 radical (unpaired) electrons. The molecule has 0 bridgehead atoms. The monoisotopic (exact) mass is 438 g/mol. The average molecular weight is 438 g/mol. The van der Waals surface area contributed by atoms with Gasteiger partial charge in [0.05, 0.1) is 18.8 Å². The van der Waals surface area contributed by atoms with Crippen LogP contribution in [0.25, 0.3) is 0 Å². The van der Waals surface area contributed by atoms with Crippen LogP contribution >= 0.6 is 0 Å². The van der Waals surface area contributed by atoms with E-state index < -0.39 is 35.6 Å². The van der Waals surface area contributed by atoms with E-state index in [1.54, 1.807) is 6.92 Å². The van der Waals surface area contributed by atoms with E-state index in [1.807, 2.05) is 0 Å². The number of carbonyl (C=O) groups is 2. The van der Waals surface area contributed by atoms with Crippen LogP contribution in [-0.2, 0) is 14.3 Å². The minimum atomic E-state index is -1.04. The zero-order valence-corrected chi connectivity index (χ0v) is 17.5. The lowest BCUT2D eigenvalue weighted by Crippen LogP contribution is -2.37. The van der Waals surface area contributed by atoms with E-state index in [2.05, 4.69) is 9.89 Å². The van der Waals surface area contributed by atoms with Crippen LogP contribution in [0.3, 0.4) is 0 Å². The largest absolute Gasteiger partial charge is 0.454 e. The highest BCUT2D eigenvalue weighted by molar-refractivity contribution is 6.19. The number of ether oxygens (including phenoxy) is 2. The lowest BCUT2D eigenvalue weighted by Gasteiger charge is -2.26. The maximum Gasteiger partial charge on any atom is 0.344 e. The van der Waals surface area contributed by atoms with Crippen LogP contribution in [0.1, 0.15) is 30.1 Å². The van der Waals surface area contributed by atoms with Gasteiger partial charge in [0.1, 0.15) is 23.0 Å². The molecule has 1 aromatic rings. The third-order valence-corrected chi connectivity index (χ3v) is 4.76. The lowest BCUT2D eigenvalue weighted by atomic mass is 10.1. The smallest absolute Gasteiger partial charge is 0.344 e. The molecule has 2 rings (SSSR count). The first-order chi connectivity index (χ1) is 14.8. The molecule has 31 heavy (non-hydrogen) atoms. The van der Waals surface area contributed by atoms with Crippen LogP contribution in [0, 0.1) is 11.6 Å². The fourth-order valence-corrected chi connectivity index (χ4v) is 3.01. The van der Waals surface area contributed by atoms with Crippen molar-refractivity contribution in [1.29, 1.82) is 0 Å². The summed E-state index contributed by atoms with van der Waals surface area (Å²) in [5, 5.41) is 0. The van der Waals surface area contributed by atoms with Gasteiger partial charge in [0, 0.05) is 31.9 Å². The van der Waals surface area contributed by atoms with Gasteiger partial charge in [-0.2, -0.15) is 0 Å². The quantitative estimate of drug-likeness (QED) is 0.141. The number of Topliss-reactive ketones (excluding diaryl/α,β-unsaturated/α-hetero) is 1. The highest BCUT2D eigenvalue weighted by atomic mass is 19.1. The number of halogens is 2. The number of morpholine rings is 1. The van der Waals surface area contributed by atoms with Crippen LogP contribution in [0.15, 0.2) is 34.5 Å². The normalized spacial score (nSPS) is 16.0. The predicted molar refractivity (Wildman–Crippen MR) is 112 cm³/mol. The van der Waals surface area contributed by atoms with Crippen LogP contribution < -0.4 is 11.5 Å². The van der Waals surface area contributed by atoms with Crippen molar-refractivity contribution in [2.24, 2.45) is 16.5 Å². The van der Waals surface area contributed by atoms with Gasteiger partial charge < -0.3 is 20.9 Å². The third kappa shape index (κ3) is 7.11. The van der Waals surface area contributed by atoms with Gasteiger partial charge >= 0.3 is 5.97 Å². The molecule has 0 aliphatic carbocycles. The summed E-state index contributed by atoms with van der Waals surface area (Å²) in [6.07, 6.45) is 1.02. The van der Waals surface area contributed by atoms with Crippen molar-refractivity contribution in [3.8, 4) is 0 Å². The van der Waals surface area contributed by atoms with Crippen LogP contribution in [0.2, 0.25) is 0 Å². The van der Waals surface area contributed by atoms with Gasteiger partial charge in [0.2, 0.25) is 5.78 Å². The summed E-state index contributed by atoms with van der Waals surface area (Å²) in [5.41, 5.74) is 11.1. The van der Waals surface area contributed by atoms with E-state index in [-0.39, 0.29) is 17.1 Å². The summed E-state index contributed by atoms with van der Waals surface area (Å²) in [4.78, 5) is 31.0. The summed E-state index contributed by atoms with van der Waals surface area (Å²) in [6, 6.07) is 3.02. The van der Waals surface area contributed by atoms with Crippen LogP contribution in [-0.4, -0.2) is 68.5 Å². The van der Waals surface area contributed by atoms with Crippen LogP contribution in [0.4, 0.5) is 8.78 Å². The molecule has 1 saturated heterocycles. The third-order valence-electron chi connectivity index (χ3n) is 4.76. The highest BCUT2D eigenvalue weighted by Crippen LogP contribution is 2.14. The molecule has 0 aromatic heterocycles. The number of rotatable bonds is 10. The zero-order valence-electron chi connectivity index (χ0n) is 17.5. The van der Waals surface area contributed by atoms with Gasteiger partial charge in [-0.3, -0.25) is 14.7 Å². The Kier molecular flexibility index (Phi) is 9.54. The molecule has 0 spiro atoms. The second kappa shape index (κ2) is 12.1. The van der Waals surface area contributed by atoms with E-state index in [0.717, 1.165) is 44.3 Å². The van der Waals surface area contributed by atoms with E-state index in [0.29, 0.717) is 26.2 Å². The maximum absolute atomic E-state index is 13.7. The fourth-order valence-electron chi connectivity index (χ4n) is 3.01. The van der Waals surface area contributed by atoms with Gasteiger partial charge in [0.25, 0.3) is 0 Å². The van der Waals surface area contributed by atoms with Gasteiger partial charge in [0.15, 0.2) is 6.61 Å². The Morgan fingerprint density at radius 1 is 1.19 bits per heavy atom. The number of hydrogen-bond donors (Lipinski definition) is 2.